The molecule has 1 aliphatic carbocycles. The lowest BCUT2D eigenvalue weighted by molar-refractivity contribution is 0.223. The molecule has 1 heteroatoms. The van der Waals surface area contributed by atoms with Gasteiger partial charge in [-0.1, -0.05) is 29.8 Å². The molecule has 1 aliphatic heterocycles. The summed E-state index contributed by atoms with van der Waals surface area (Å²) >= 11 is 0. The standard InChI is InChI=1S/C14H19N/c1-12-4-6-13(7-5-12)14(8-9-14)15-10-2-3-11-15/h4-7H,2-3,8-11H2,1H3. The number of hydrogen-bond donors (Lipinski definition) is 0. The van der Waals surface area contributed by atoms with Crippen LogP contribution in [0.2, 0.25) is 0 Å². The zero-order valence-electron chi connectivity index (χ0n) is 9.50. The summed E-state index contributed by atoms with van der Waals surface area (Å²) in [7, 11) is 0. The van der Waals surface area contributed by atoms with Crippen LogP contribution in [0.5, 0.6) is 0 Å². The third-order valence-electron chi connectivity index (χ3n) is 4.02. The lowest BCUT2D eigenvalue weighted by Gasteiger charge is -2.27. The molecule has 0 amide bonds. The number of benzene rings is 1. The van der Waals surface area contributed by atoms with Gasteiger partial charge >= 0.3 is 0 Å². The molecule has 2 fully saturated rings. The van der Waals surface area contributed by atoms with Crippen LogP contribution in [0, 0.1) is 6.92 Å². The van der Waals surface area contributed by atoms with Gasteiger partial charge in [0.1, 0.15) is 0 Å². The summed E-state index contributed by atoms with van der Waals surface area (Å²) < 4.78 is 0. The van der Waals surface area contributed by atoms with Crippen LogP contribution in [-0.2, 0) is 5.54 Å². The molecule has 80 valence electrons. The highest BCUT2D eigenvalue weighted by molar-refractivity contribution is 5.32. The van der Waals surface area contributed by atoms with Crippen LogP contribution >= 0.6 is 0 Å². The molecule has 0 spiro atoms. The van der Waals surface area contributed by atoms with E-state index in [1.807, 2.05) is 0 Å². The molecule has 15 heavy (non-hydrogen) atoms. The van der Waals surface area contributed by atoms with Gasteiger partial charge in [-0.3, -0.25) is 4.90 Å². The maximum absolute atomic E-state index is 2.71. The summed E-state index contributed by atoms with van der Waals surface area (Å²) in [5.74, 6) is 0. The van der Waals surface area contributed by atoms with Gasteiger partial charge in [-0.05, 0) is 51.3 Å². The lowest BCUT2D eigenvalue weighted by atomic mass is 10.0. The van der Waals surface area contributed by atoms with E-state index in [1.54, 1.807) is 5.56 Å². The fraction of sp³-hybridized carbons (Fsp3) is 0.571. The molecule has 0 radical (unpaired) electrons. The van der Waals surface area contributed by atoms with Crippen molar-refractivity contribution in [3.05, 3.63) is 35.4 Å². The minimum absolute atomic E-state index is 0.449. The normalized spacial score (nSPS) is 24.3. The molecule has 1 saturated heterocycles. The Bertz CT molecular complexity index is 342. The summed E-state index contributed by atoms with van der Waals surface area (Å²) in [6, 6.07) is 9.18. The highest BCUT2D eigenvalue weighted by Crippen LogP contribution is 2.52. The van der Waals surface area contributed by atoms with E-state index in [2.05, 4.69) is 36.1 Å². The molecule has 1 saturated carbocycles. The average molecular weight is 201 g/mol. The smallest absolute Gasteiger partial charge is 0.0462 e. The molecule has 0 bridgehead atoms. The second kappa shape index (κ2) is 3.34. The molecule has 1 aromatic rings. The highest BCUT2D eigenvalue weighted by Gasteiger charge is 2.49. The molecule has 1 aromatic carbocycles. The second-order valence-corrected chi connectivity index (χ2v) is 5.09. The van der Waals surface area contributed by atoms with Crippen LogP contribution in [0.25, 0.3) is 0 Å². The van der Waals surface area contributed by atoms with E-state index in [9.17, 15) is 0 Å². The van der Waals surface area contributed by atoms with Gasteiger partial charge in [0.05, 0.1) is 0 Å². The van der Waals surface area contributed by atoms with Crippen LogP contribution in [0.15, 0.2) is 24.3 Å². The molecule has 0 atom stereocenters. The van der Waals surface area contributed by atoms with Gasteiger partial charge in [0, 0.05) is 5.54 Å². The average Bonchev–Trinajstić information content (AvgIpc) is 2.88. The van der Waals surface area contributed by atoms with Gasteiger partial charge in [-0.2, -0.15) is 0 Å². The fourth-order valence-electron chi connectivity index (χ4n) is 2.91. The van der Waals surface area contributed by atoms with E-state index in [-0.39, 0.29) is 0 Å². The van der Waals surface area contributed by atoms with Crippen molar-refractivity contribution >= 4 is 0 Å². The Morgan fingerprint density at radius 3 is 2.13 bits per heavy atom. The Morgan fingerprint density at radius 2 is 1.60 bits per heavy atom. The van der Waals surface area contributed by atoms with Crippen molar-refractivity contribution in [1.29, 1.82) is 0 Å². The molecular weight excluding hydrogens is 182 g/mol. The summed E-state index contributed by atoms with van der Waals surface area (Å²) in [4.78, 5) is 2.71. The van der Waals surface area contributed by atoms with Crippen LogP contribution < -0.4 is 0 Å². The van der Waals surface area contributed by atoms with E-state index < -0.39 is 0 Å². The van der Waals surface area contributed by atoms with Crippen molar-refractivity contribution in [2.45, 2.75) is 38.1 Å². The first-order valence-corrected chi connectivity index (χ1v) is 6.13. The van der Waals surface area contributed by atoms with E-state index in [0.29, 0.717) is 5.54 Å². The minimum Gasteiger partial charge on any atom is -0.294 e. The number of nitrogens with zero attached hydrogens (tertiary/aromatic N) is 1. The Kier molecular flexibility index (Phi) is 2.10. The van der Waals surface area contributed by atoms with Crippen molar-refractivity contribution in [1.82, 2.24) is 4.90 Å². The molecular formula is C14H19N. The second-order valence-electron chi connectivity index (χ2n) is 5.09. The number of aryl methyl sites for hydroxylation is 1. The summed E-state index contributed by atoms with van der Waals surface area (Å²) in [5.41, 5.74) is 3.37. The maximum atomic E-state index is 2.71. The third kappa shape index (κ3) is 1.50. The van der Waals surface area contributed by atoms with E-state index in [4.69, 9.17) is 0 Å². The third-order valence-corrected chi connectivity index (χ3v) is 4.02. The Hall–Kier alpha value is -0.820. The van der Waals surface area contributed by atoms with Gasteiger partial charge < -0.3 is 0 Å². The topological polar surface area (TPSA) is 3.24 Å². The van der Waals surface area contributed by atoms with Crippen molar-refractivity contribution in [3.8, 4) is 0 Å². The van der Waals surface area contributed by atoms with Crippen molar-refractivity contribution < 1.29 is 0 Å². The monoisotopic (exact) mass is 201 g/mol. The zero-order chi connectivity index (χ0) is 10.3. The first-order valence-electron chi connectivity index (χ1n) is 6.13. The lowest BCUT2D eigenvalue weighted by Crippen LogP contribution is -2.32. The van der Waals surface area contributed by atoms with Crippen LogP contribution in [0.4, 0.5) is 0 Å². The number of hydrogen-bond acceptors (Lipinski definition) is 1. The molecule has 0 unspecified atom stereocenters. The molecule has 1 heterocycles. The predicted octanol–water partition coefficient (Wildman–Crippen LogP) is 3.08. The van der Waals surface area contributed by atoms with Gasteiger partial charge in [-0.15, -0.1) is 0 Å². The molecule has 0 aromatic heterocycles. The zero-order valence-corrected chi connectivity index (χ0v) is 9.50. The van der Waals surface area contributed by atoms with Gasteiger partial charge in [0.15, 0.2) is 0 Å². The van der Waals surface area contributed by atoms with Gasteiger partial charge in [0.25, 0.3) is 0 Å². The number of rotatable bonds is 2. The van der Waals surface area contributed by atoms with Crippen molar-refractivity contribution in [3.63, 3.8) is 0 Å². The Balaban J connectivity index is 1.89. The van der Waals surface area contributed by atoms with Gasteiger partial charge in [-0.25, -0.2) is 0 Å². The summed E-state index contributed by atoms with van der Waals surface area (Å²) in [6.07, 6.45) is 5.54. The first kappa shape index (κ1) is 9.41. The van der Waals surface area contributed by atoms with Crippen molar-refractivity contribution in [2.75, 3.05) is 13.1 Å². The van der Waals surface area contributed by atoms with E-state index in [1.165, 1.54) is 44.3 Å². The van der Waals surface area contributed by atoms with E-state index >= 15 is 0 Å². The van der Waals surface area contributed by atoms with Crippen LogP contribution in [0.3, 0.4) is 0 Å². The first-order chi connectivity index (χ1) is 7.31. The van der Waals surface area contributed by atoms with Gasteiger partial charge in [0.2, 0.25) is 0 Å². The Labute approximate surface area is 92.1 Å². The van der Waals surface area contributed by atoms with Crippen molar-refractivity contribution in [2.24, 2.45) is 0 Å². The quantitative estimate of drug-likeness (QED) is 0.710. The predicted molar refractivity (Wildman–Crippen MR) is 62.9 cm³/mol. The van der Waals surface area contributed by atoms with E-state index in [0.717, 1.165) is 0 Å². The van der Waals surface area contributed by atoms with Crippen LogP contribution in [-0.4, -0.2) is 18.0 Å². The summed E-state index contributed by atoms with van der Waals surface area (Å²) in [5, 5.41) is 0. The fourth-order valence-corrected chi connectivity index (χ4v) is 2.91. The van der Waals surface area contributed by atoms with Crippen LogP contribution in [0.1, 0.15) is 36.8 Å². The minimum atomic E-state index is 0.449. The molecule has 0 N–H and O–H groups in total. The SMILES string of the molecule is Cc1ccc(C2(N3CCCC3)CC2)cc1. The maximum Gasteiger partial charge on any atom is 0.0462 e. The molecule has 1 nitrogen and oxygen atoms in total. The highest BCUT2D eigenvalue weighted by atomic mass is 15.2. The largest absolute Gasteiger partial charge is 0.294 e. The molecule has 2 aliphatic rings. The number of likely N-dealkylation sites (tertiary alicyclic amines) is 1. The summed E-state index contributed by atoms with van der Waals surface area (Å²) in [6.45, 7) is 4.79. The Morgan fingerprint density at radius 1 is 1.00 bits per heavy atom. The molecule has 3 rings (SSSR count).